The van der Waals surface area contributed by atoms with Crippen LogP contribution >= 0.6 is 0 Å². The molecule has 1 N–H and O–H groups in total. The highest BCUT2D eigenvalue weighted by molar-refractivity contribution is 6.27. The molecule has 0 bridgehead atoms. The molecule has 1 aromatic heterocycles. The number of pyridine rings is 1. The van der Waals surface area contributed by atoms with Crippen molar-refractivity contribution in [1.82, 2.24) is 4.98 Å². The molecular weight excluding hydrogens is 226 g/mol. The van der Waals surface area contributed by atoms with Crippen molar-refractivity contribution in [2.24, 2.45) is 5.10 Å². The van der Waals surface area contributed by atoms with Crippen molar-refractivity contribution >= 4 is 28.7 Å². The number of benzene rings is 1. The highest BCUT2D eigenvalue weighted by atomic mass is 16.1. The number of nitrogens with zero attached hydrogens (tertiary/aromatic N) is 2. The van der Waals surface area contributed by atoms with Gasteiger partial charge < -0.3 is 0 Å². The number of aldehydes is 1. The molecule has 0 unspecified atom stereocenters. The summed E-state index contributed by atoms with van der Waals surface area (Å²) >= 11 is 0. The van der Waals surface area contributed by atoms with Crippen LogP contribution in [-0.2, 0) is 4.79 Å². The lowest BCUT2D eigenvalue weighted by molar-refractivity contribution is -0.102. The van der Waals surface area contributed by atoms with E-state index in [0.29, 0.717) is 17.8 Å². The maximum Gasteiger partial charge on any atom is 0.165 e. The lowest BCUT2D eigenvalue weighted by Crippen LogP contribution is -2.00. The zero-order valence-corrected chi connectivity index (χ0v) is 10.7. The van der Waals surface area contributed by atoms with E-state index >= 15 is 0 Å². The van der Waals surface area contributed by atoms with Gasteiger partial charge in [-0.2, -0.15) is 5.10 Å². The average Bonchev–Trinajstić information content (AvgIpc) is 2.37. The summed E-state index contributed by atoms with van der Waals surface area (Å²) < 4.78 is 0. The Hall–Kier alpha value is -2.23. The molecule has 0 saturated carbocycles. The quantitative estimate of drug-likeness (QED) is 0.510. The minimum Gasteiger partial charge on any atom is -0.296 e. The first-order valence-electron chi connectivity index (χ1n) is 5.73. The molecular formula is C14H15N3O. The van der Waals surface area contributed by atoms with Gasteiger partial charge in [0, 0.05) is 5.39 Å². The summed E-state index contributed by atoms with van der Waals surface area (Å²) in [7, 11) is 0. The summed E-state index contributed by atoms with van der Waals surface area (Å²) in [4.78, 5) is 14.9. The van der Waals surface area contributed by atoms with Gasteiger partial charge in [0.1, 0.15) is 5.82 Å². The molecule has 0 saturated heterocycles. The zero-order chi connectivity index (χ0) is 13.1. The summed E-state index contributed by atoms with van der Waals surface area (Å²) in [5.74, 6) is 0.644. The monoisotopic (exact) mass is 241 g/mol. The van der Waals surface area contributed by atoms with Crippen LogP contribution in [0.2, 0.25) is 0 Å². The van der Waals surface area contributed by atoms with Crippen molar-refractivity contribution in [2.75, 3.05) is 5.43 Å². The van der Waals surface area contributed by atoms with Gasteiger partial charge in [0.15, 0.2) is 6.29 Å². The maximum atomic E-state index is 10.5. The number of nitrogens with one attached hydrogen (secondary N) is 1. The number of hydrazone groups is 1. The number of anilines is 1. The van der Waals surface area contributed by atoms with Crippen LogP contribution in [0.25, 0.3) is 10.9 Å². The zero-order valence-electron chi connectivity index (χ0n) is 10.7. The van der Waals surface area contributed by atoms with E-state index in [2.05, 4.69) is 28.5 Å². The van der Waals surface area contributed by atoms with Crippen LogP contribution in [0.15, 0.2) is 29.4 Å². The predicted octanol–water partition coefficient (Wildman–Crippen LogP) is 2.84. The molecule has 4 nitrogen and oxygen atoms in total. The van der Waals surface area contributed by atoms with E-state index in [9.17, 15) is 4.79 Å². The van der Waals surface area contributed by atoms with Crippen molar-refractivity contribution in [3.63, 3.8) is 0 Å². The lowest BCUT2D eigenvalue weighted by Gasteiger charge is -2.06. The molecule has 2 rings (SSSR count). The fourth-order valence-corrected chi connectivity index (χ4v) is 1.74. The van der Waals surface area contributed by atoms with E-state index in [1.807, 2.05) is 25.1 Å². The van der Waals surface area contributed by atoms with E-state index in [-0.39, 0.29) is 0 Å². The second-order valence-electron chi connectivity index (χ2n) is 4.33. The largest absolute Gasteiger partial charge is 0.296 e. The molecule has 92 valence electrons. The van der Waals surface area contributed by atoms with Gasteiger partial charge in [-0.05, 0) is 44.5 Å². The normalized spacial score (nSPS) is 11.6. The molecule has 18 heavy (non-hydrogen) atoms. The Kier molecular flexibility index (Phi) is 3.37. The summed E-state index contributed by atoms with van der Waals surface area (Å²) in [5.41, 5.74) is 6.44. The van der Waals surface area contributed by atoms with Gasteiger partial charge in [0.25, 0.3) is 0 Å². The Labute approximate surface area is 106 Å². The third kappa shape index (κ3) is 2.53. The molecule has 0 aliphatic heterocycles. The van der Waals surface area contributed by atoms with Crippen LogP contribution < -0.4 is 5.43 Å². The summed E-state index contributed by atoms with van der Waals surface area (Å²) in [5, 5.41) is 5.05. The first kappa shape index (κ1) is 12.2. The van der Waals surface area contributed by atoms with E-state index in [4.69, 9.17) is 0 Å². The Bertz CT molecular complexity index is 632. The number of carbonyl (C=O) groups is 1. The molecule has 1 heterocycles. The van der Waals surface area contributed by atoms with Gasteiger partial charge in [-0.3, -0.25) is 10.2 Å². The van der Waals surface area contributed by atoms with E-state index in [1.54, 1.807) is 6.92 Å². The Morgan fingerprint density at radius 1 is 1.33 bits per heavy atom. The van der Waals surface area contributed by atoms with Crippen LogP contribution in [-0.4, -0.2) is 17.0 Å². The van der Waals surface area contributed by atoms with Gasteiger partial charge in [0.05, 0.1) is 11.2 Å². The van der Waals surface area contributed by atoms with Gasteiger partial charge in [0.2, 0.25) is 0 Å². The van der Waals surface area contributed by atoms with Gasteiger partial charge >= 0.3 is 0 Å². The number of fused-ring (bicyclic) bond motifs is 1. The second-order valence-corrected chi connectivity index (χ2v) is 4.33. The van der Waals surface area contributed by atoms with Crippen LogP contribution in [0.5, 0.6) is 0 Å². The Morgan fingerprint density at radius 3 is 2.83 bits per heavy atom. The number of hydrogen-bond donors (Lipinski definition) is 1. The molecule has 2 aromatic rings. The van der Waals surface area contributed by atoms with Crippen LogP contribution in [0.4, 0.5) is 5.82 Å². The first-order chi connectivity index (χ1) is 8.60. The van der Waals surface area contributed by atoms with Crippen LogP contribution in [0.3, 0.4) is 0 Å². The molecule has 0 spiro atoms. The maximum absolute atomic E-state index is 10.5. The molecule has 0 amide bonds. The summed E-state index contributed by atoms with van der Waals surface area (Å²) in [6.07, 6.45) is 0.699. The van der Waals surface area contributed by atoms with Crippen molar-refractivity contribution in [2.45, 2.75) is 20.8 Å². The van der Waals surface area contributed by atoms with Crippen molar-refractivity contribution in [3.8, 4) is 0 Å². The fourth-order valence-electron chi connectivity index (χ4n) is 1.74. The topological polar surface area (TPSA) is 54.4 Å². The highest BCUT2D eigenvalue weighted by Crippen LogP contribution is 2.21. The summed E-state index contributed by atoms with van der Waals surface area (Å²) in [6.45, 7) is 5.73. The summed E-state index contributed by atoms with van der Waals surface area (Å²) in [6, 6.07) is 8.04. The molecule has 0 aliphatic carbocycles. The van der Waals surface area contributed by atoms with Crippen LogP contribution in [0.1, 0.15) is 18.1 Å². The smallest absolute Gasteiger partial charge is 0.165 e. The third-order valence-electron chi connectivity index (χ3n) is 2.69. The number of carbonyl (C=O) groups excluding carboxylic acids is 1. The average molecular weight is 241 g/mol. The molecule has 0 radical (unpaired) electrons. The molecule has 4 heteroatoms. The van der Waals surface area contributed by atoms with Crippen molar-refractivity contribution in [3.05, 3.63) is 35.4 Å². The third-order valence-corrected chi connectivity index (χ3v) is 2.69. The highest BCUT2D eigenvalue weighted by Gasteiger charge is 2.02. The number of aromatic nitrogens is 1. The van der Waals surface area contributed by atoms with E-state index in [0.717, 1.165) is 16.5 Å². The van der Waals surface area contributed by atoms with Crippen molar-refractivity contribution in [1.29, 1.82) is 0 Å². The molecule has 0 aliphatic rings. The van der Waals surface area contributed by atoms with E-state index in [1.165, 1.54) is 5.56 Å². The number of aryl methyl sites for hydroxylation is 2. The SMILES string of the molecule is C/C(C=O)=N\Nc1cc(C)c2cc(C)ccc2n1. The standard InChI is InChI=1S/C14H15N3O/c1-9-4-5-13-12(6-9)10(2)7-14(15-13)17-16-11(3)8-18/h4-8H,1-3H3,(H,15,17)/b16-11+. The fraction of sp³-hybridized carbons (Fsp3) is 0.214. The number of hydrogen-bond acceptors (Lipinski definition) is 4. The van der Waals surface area contributed by atoms with Crippen molar-refractivity contribution < 1.29 is 4.79 Å². The van der Waals surface area contributed by atoms with E-state index < -0.39 is 0 Å². The minimum absolute atomic E-state index is 0.387. The molecule has 0 fully saturated rings. The molecule has 0 atom stereocenters. The van der Waals surface area contributed by atoms with Crippen LogP contribution in [0, 0.1) is 13.8 Å². The Morgan fingerprint density at radius 2 is 2.11 bits per heavy atom. The van der Waals surface area contributed by atoms with Gasteiger partial charge in [-0.1, -0.05) is 11.6 Å². The van der Waals surface area contributed by atoms with Gasteiger partial charge in [-0.15, -0.1) is 0 Å². The first-order valence-corrected chi connectivity index (χ1v) is 5.73. The lowest BCUT2D eigenvalue weighted by atomic mass is 10.1. The van der Waals surface area contributed by atoms with Gasteiger partial charge in [-0.25, -0.2) is 4.98 Å². The Balaban J connectivity index is 2.43. The molecule has 1 aromatic carbocycles. The second kappa shape index (κ2) is 4.96. The number of rotatable bonds is 3. The minimum atomic E-state index is 0.387. The predicted molar refractivity (Wildman–Crippen MR) is 74.0 cm³/mol.